The number of rotatable bonds is 3. The Hall–Kier alpha value is -1.69. The van der Waals surface area contributed by atoms with E-state index in [-0.39, 0.29) is 13.1 Å². The lowest BCUT2D eigenvalue weighted by atomic mass is 10.4. The molecule has 1 aromatic heterocycles. The van der Waals surface area contributed by atoms with E-state index >= 15 is 0 Å². The number of nitrogens with zero attached hydrogens (tertiary/aromatic N) is 5. The Balaban J connectivity index is 2.64. The van der Waals surface area contributed by atoms with Gasteiger partial charge in [-0.2, -0.15) is 18.3 Å². The number of halogens is 3. The predicted octanol–water partition coefficient (Wildman–Crippen LogP) is 2.21. The molecule has 14 heavy (non-hydrogen) atoms. The van der Waals surface area contributed by atoms with Gasteiger partial charge in [0.2, 0.25) is 0 Å². The highest BCUT2D eigenvalue weighted by Crippen LogP contribution is 2.28. The molecule has 0 aliphatic rings. The fourth-order valence-electron chi connectivity index (χ4n) is 0.824. The van der Waals surface area contributed by atoms with Crippen LogP contribution in [0.4, 0.5) is 13.2 Å². The second kappa shape index (κ2) is 4.01. The van der Waals surface area contributed by atoms with Gasteiger partial charge in [-0.25, -0.2) is 0 Å². The molecule has 0 radical (unpaired) electrons. The molecule has 0 N–H and O–H groups in total. The molecule has 0 bridgehead atoms. The molecule has 0 saturated carbocycles. The third kappa shape index (κ3) is 2.67. The van der Waals surface area contributed by atoms with Gasteiger partial charge in [-0.3, -0.25) is 4.68 Å². The summed E-state index contributed by atoms with van der Waals surface area (Å²) in [5.74, 6) is 0. The third-order valence-electron chi connectivity index (χ3n) is 1.45. The zero-order valence-corrected chi connectivity index (χ0v) is 6.94. The van der Waals surface area contributed by atoms with Gasteiger partial charge < -0.3 is 0 Å². The van der Waals surface area contributed by atoms with E-state index in [1.165, 1.54) is 0 Å². The molecule has 0 amide bonds. The number of azide groups is 1. The van der Waals surface area contributed by atoms with Gasteiger partial charge >= 0.3 is 6.18 Å². The van der Waals surface area contributed by atoms with Crippen LogP contribution >= 0.6 is 0 Å². The average Bonchev–Trinajstić information content (AvgIpc) is 2.52. The lowest BCUT2D eigenvalue weighted by Gasteiger charge is -2.00. The summed E-state index contributed by atoms with van der Waals surface area (Å²) in [6.45, 7) is 0.218. The maximum atomic E-state index is 12.1. The lowest BCUT2D eigenvalue weighted by molar-refractivity contribution is -0.137. The van der Waals surface area contributed by atoms with E-state index in [4.69, 9.17) is 5.53 Å². The highest BCUT2D eigenvalue weighted by molar-refractivity contribution is 5.08. The highest BCUT2D eigenvalue weighted by Gasteiger charge is 2.31. The lowest BCUT2D eigenvalue weighted by Crippen LogP contribution is -2.04. The summed E-state index contributed by atoms with van der Waals surface area (Å²) in [7, 11) is 0. The molecule has 1 heterocycles. The van der Waals surface area contributed by atoms with Crippen LogP contribution in [0.15, 0.2) is 17.5 Å². The number of aromatic nitrogens is 2. The smallest absolute Gasteiger partial charge is 0.272 e. The Morgan fingerprint density at radius 2 is 2.29 bits per heavy atom. The molecule has 76 valence electrons. The minimum Gasteiger partial charge on any atom is -0.272 e. The molecule has 1 aromatic rings. The van der Waals surface area contributed by atoms with Crippen molar-refractivity contribution in [2.75, 3.05) is 6.54 Å². The van der Waals surface area contributed by atoms with Gasteiger partial charge in [0.15, 0.2) is 0 Å². The van der Waals surface area contributed by atoms with Crippen molar-refractivity contribution in [1.29, 1.82) is 0 Å². The summed E-state index contributed by atoms with van der Waals surface area (Å²) in [5, 5.41) is 6.64. The first-order valence-corrected chi connectivity index (χ1v) is 3.64. The highest BCUT2D eigenvalue weighted by atomic mass is 19.4. The molecule has 0 atom stereocenters. The Morgan fingerprint density at radius 3 is 2.79 bits per heavy atom. The molecule has 0 fully saturated rings. The molecule has 0 aliphatic carbocycles. The van der Waals surface area contributed by atoms with Crippen LogP contribution < -0.4 is 0 Å². The van der Waals surface area contributed by atoms with Gasteiger partial charge in [0.1, 0.15) is 0 Å². The minimum absolute atomic E-state index is 0.0788. The summed E-state index contributed by atoms with van der Waals surface area (Å²) in [6.07, 6.45) is -2.78. The Kier molecular flexibility index (Phi) is 2.98. The van der Waals surface area contributed by atoms with Crippen molar-refractivity contribution in [2.45, 2.75) is 12.7 Å². The number of alkyl halides is 3. The van der Waals surface area contributed by atoms with Gasteiger partial charge in [0.25, 0.3) is 0 Å². The van der Waals surface area contributed by atoms with Crippen molar-refractivity contribution >= 4 is 0 Å². The van der Waals surface area contributed by atoms with E-state index in [1.54, 1.807) is 0 Å². The zero-order valence-electron chi connectivity index (χ0n) is 6.94. The van der Waals surface area contributed by atoms with Crippen LogP contribution in [0.1, 0.15) is 5.56 Å². The van der Waals surface area contributed by atoms with Crippen LogP contribution in [0.5, 0.6) is 0 Å². The molecule has 0 spiro atoms. The van der Waals surface area contributed by atoms with Crippen LogP contribution in [-0.2, 0) is 12.7 Å². The van der Waals surface area contributed by atoms with Gasteiger partial charge in [-0.05, 0) is 5.53 Å². The summed E-state index contributed by atoms with van der Waals surface area (Å²) in [4.78, 5) is 2.47. The van der Waals surface area contributed by atoms with E-state index in [1.807, 2.05) is 0 Å². The SMILES string of the molecule is [N-]=[N+]=NCCn1cc(C(F)(F)F)cn1. The van der Waals surface area contributed by atoms with E-state index < -0.39 is 11.7 Å². The van der Waals surface area contributed by atoms with Crippen molar-refractivity contribution in [3.8, 4) is 0 Å². The summed E-state index contributed by atoms with van der Waals surface area (Å²) in [5.41, 5.74) is 7.12. The molecular formula is C6H6F3N5. The zero-order chi connectivity index (χ0) is 10.6. The van der Waals surface area contributed by atoms with Gasteiger partial charge in [0.05, 0.1) is 11.8 Å². The van der Waals surface area contributed by atoms with Crippen molar-refractivity contribution in [3.05, 3.63) is 28.4 Å². The fraction of sp³-hybridized carbons (Fsp3) is 0.500. The fourth-order valence-corrected chi connectivity index (χ4v) is 0.824. The van der Waals surface area contributed by atoms with E-state index in [0.29, 0.717) is 0 Å². The van der Waals surface area contributed by atoms with Gasteiger partial charge in [0, 0.05) is 24.2 Å². The number of hydrogen-bond acceptors (Lipinski definition) is 2. The maximum absolute atomic E-state index is 12.1. The molecule has 0 aromatic carbocycles. The van der Waals surface area contributed by atoms with E-state index in [0.717, 1.165) is 17.1 Å². The molecular weight excluding hydrogens is 199 g/mol. The van der Waals surface area contributed by atoms with Crippen LogP contribution in [0.2, 0.25) is 0 Å². The first-order valence-electron chi connectivity index (χ1n) is 3.64. The molecule has 0 aliphatic heterocycles. The first-order chi connectivity index (χ1) is 6.54. The largest absolute Gasteiger partial charge is 0.419 e. The molecule has 5 nitrogen and oxygen atoms in total. The van der Waals surface area contributed by atoms with Crippen molar-refractivity contribution in [2.24, 2.45) is 5.11 Å². The topological polar surface area (TPSA) is 66.6 Å². The summed E-state index contributed by atoms with van der Waals surface area (Å²) in [6, 6.07) is 0. The first kappa shape index (κ1) is 10.4. The summed E-state index contributed by atoms with van der Waals surface area (Å²) < 4.78 is 37.2. The normalized spacial score (nSPS) is 11.1. The molecule has 0 unspecified atom stereocenters. The van der Waals surface area contributed by atoms with Gasteiger partial charge in [-0.1, -0.05) is 5.11 Å². The van der Waals surface area contributed by atoms with E-state index in [2.05, 4.69) is 15.1 Å². The second-order valence-electron chi connectivity index (χ2n) is 2.44. The quantitative estimate of drug-likeness (QED) is 0.423. The van der Waals surface area contributed by atoms with E-state index in [9.17, 15) is 13.2 Å². The third-order valence-corrected chi connectivity index (χ3v) is 1.45. The predicted molar refractivity (Wildman–Crippen MR) is 41.2 cm³/mol. The monoisotopic (exact) mass is 205 g/mol. The van der Waals surface area contributed by atoms with Crippen LogP contribution in [0.25, 0.3) is 10.4 Å². The average molecular weight is 205 g/mol. The molecule has 8 heteroatoms. The van der Waals surface area contributed by atoms with Crippen LogP contribution in [-0.4, -0.2) is 16.3 Å². The summed E-state index contributed by atoms with van der Waals surface area (Å²) >= 11 is 0. The molecule has 0 saturated heterocycles. The number of hydrogen-bond donors (Lipinski definition) is 0. The maximum Gasteiger partial charge on any atom is 0.419 e. The Bertz CT molecular complexity index is 349. The van der Waals surface area contributed by atoms with Crippen LogP contribution in [0, 0.1) is 0 Å². The second-order valence-corrected chi connectivity index (χ2v) is 2.44. The van der Waals surface area contributed by atoms with Gasteiger partial charge in [-0.15, -0.1) is 0 Å². The standard InChI is InChI=1S/C6H6F3N5/c7-6(8,9)5-3-12-14(4-5)2-1-11-13-10/h3-4H,1-2H2. The van der Waals surface area contributed by atoms with Crippen molar-refractivity contribution in [3.63, 3.8) is 0 Å². The van der Waals surface area contributed by atoms with Crippen molar-refractivity contribution < 1.29 is 13.2 Å². The minimum atomic E-state index is -4.38. The van der Waals surface area contributed by atoms with Crippen LogP contribution in [0.3, 0.4) is 0 Å². The Morgan fingerprint density at radius 1 is 1.57 bits per heavy atom. The van der Waals surface area contributed by atoms with Crippen molar-refractivity contribution in [1.82, 2.24) is 9.78 Å². The Labute approximate surface area is 76.8 Å². The molecule has 1 rings (SSSR count).